The average Bonchev–Trinajstić information content (AvgIpc) is 2.38. The second-order valence-corrected chi connectivity index (χ2v) is 4.12. The van der Waals surface area contributed by atoms with Crippen LogP contribution in [0.15, 0.2) is 36.7 Å². The maximum absolute atomic E-state index is 13.7. The Hall–Kier alpha value is -1.65. The molecular formula is C13H11ClFNO2. The number of nitrogens with zero attached hydrogens (tertiary/aromatic N) is 1. The molecule has 0 saturated carbocycles. The van der Waals surface area contributed by atoms with Gasteiger partial charge in [0, 0.05) is 22.3 Å². The fourth-order valence-electron chi connectivity index (χ4n) is 1.68. The first-order chi connectivity index (χ1) is 8.63. The molecule has 2 rings (SSSR count). The second kappa shape index (κ2) is 5.33. The van der Waals surface area contributed by atoms with Crippen molar-refractivity contribution in [3.05, 3.63) is 58.6 Å². The number of aliphatic hydroxyl groups is 1. The smallest absolute Gasteiger partial charge is 0.143 e. The van der Waals surface area contributed by atoms with Crippen molar-refractivity contribution >= 4 is 11.6 Å². The minimum absolute atomic E-state index is 0.143. The van der Waals surface area contributed by atoms with Crippen LogP contribution in [0.4, 0.5) is 4.39 Å². The van der Waals surface area contributed by atoms with E-state index in [0.717, 1.165) is 6.07 Å². The van der Waals surface area contributed by atoms with Gasteiger partial charge in [-0.25, -0.2) is 4.39 Å². The number of pyridine rings is 1. The van der Waals surface area contributed by atoms with Crippen molar-refractivity contribution in [2.45, 2.75) is 6.10 Å². The van der Waals surface area contributed by atoms with Crippen LogP contribution >= 0.6 is 11.6 Å². The van der Waals surface area contributed by atoms with Crippen LogP contribution in [-0.4, -0.2) is 17.2 Å². The Kier molecular flexibility index (Phi) is 3.79. The molecular weight excluding hydrogens is 257 g/mol. The Labute approximate surface area is 109 Å². The van der Waals surface area contributed by atoms with E-state index in [-0.39, 0.29) is 10.6 Å². The zero-order valence-electron chi connectivity index (χ0n) is 9.60. The summed E-state index contributed by atoms with van der Waals surface area (Å²) in [6, 6.07) is 5.71. The maximum atomic E-state index is 13.7. The lowest BCUT2D eigenvalue weighted by molar-refractivity contribution is 0.209. The van der Waals surface area contributed by atoms with E-state index in [1.165, 1.54) is 31.6 Å². The molecule has 1 aromatic carbocycles. The number of rotatable bonds is 3. The standard InChI is InChI=1S/C13H11ClFNO2/c1-18-12-7-16-5-4-10(12)13(17)9-3-2-8(14)6-11(9)15/h2-7,13,17H,1H3. The van der Waals surface area contributed by atoms with Gasteiger partial charge < -0.3 is 9.84 Å². The minimum Gasteiger partial charge on any atom is -0.495 e. The summed E-state index contributed by atoms with van der Waals surface area (Å²) in [5, 5.41) is 10.5. The molecule has 5 heteroatoms. The highest BCUT2D eigenvalue weighted by molar-refractivity contribution is 6.30. The number of hydrogen-bond acceptors (Lipinski definition) is 3. The fourth-order valence-corrected chi connectivity index (χ4v) is 1.84. The maximum Gasteiger partial charge on any atom is 0.143 e. The van der Waals surface area contributed by atoms with Crippen molar-refractivity contribution < 1.29 is 14.2 Å². The van der Waals surface area contributed by atoms with Gasteiger partial charge in [-0.2, -0.15) is 0 Å². The monoisotopic (exact) mass is 267 g/mol. The third-order valence-corrected chi connectivity index (χ3v) is 2.82. The van der Waals surface area contributed by atoms with Crippen molar-refractivity contribution in [3.63, 3.8) is 0 Å². The third kappa shape index (κ3) is 2.44. The van der Waals surface area contributed by atoms with Crippen LogP contribution in [0, 0.1) is 5.82 Å². The van der Waals surface area contributed by atoms with Crippen LogP contribution in [0.3, 0.4) is 0 Å². The van der Waals surface area contributed by atoms with Gasteiger partial charge in [0.1, 0.15) is 17.7 Å². The Balaban J connectivity index is 2.44. The molecule has 3 nitrogen and oxygen atoms in total. The van der Waals surface area contributed by atoms with Crippen molar-refractivity contribution in [1.29, 1.82) is 0 Å². The number of halogens is 2. The van der Waals surface area contributed by atoms with Crippen LogP contribution in [-0.2, 0) is 0 Å². The molecule has 0 aliphatic heterocycles. The highest BCUT2D eigenvalue weighted by Gasteiger charge is 2.18. The molecule has 18 heavy (non-hydrogen) atoms. The van der Waals surface area contributed by atoms with E-state index in [1.54, 1.807) is 6.07 Å². The summed E-state index contributed by atoms with van der Waals surface area (Å²) in [5.74, 6) is -0.159. The van der Waals surface area contributed by atoms with E-state index in [0.29, 0.717) is 11.3 Å². The Morgan fingerprint density at radius 3 is 2.78 bits per heavy atom. The topological polar surface area (TPSA) is 42.4 Å². The zero-order valence-corrected chi connectivity index (χ0v) is 10.4. The predicted molar refractivity (Wildman–Crippen MR) is 66.3 cm³/mol. The summed E-state index contributed by atoms with van der Waals surface area (Å²) in [6.07, 6.45) is 1.85. The van der Waals surface area contributed by atoms with Crippen LogP contribution in [0.25, 0.3) is 0 Å². The number of benzene rings is 1. The van der Waals surface area contributed by atoms with Crippen molar-refractivity contribution in [2.75, 3.05) is 7.11 Å². The van der Waals surface area contributed by atoms with E-state index in [2.05, 4.69) is 4.98 Å². The fraction of sp³-hybridized carbons (Fsp3) is 0.154. The van der Waals surface area contributed by atoms with Gasteiger partial charge in [0.25, 0.3) is 0 Å². The van der Waals surface area contributed by atoms with E-state index in [9.17, 15) is 9.50 Å². The molecule has 1 unspecified atom stereocenters. The molecule has 0 radical (unpaired) electrons. The summed E-state index contributed by atoms with van der Waals surface area (Å²) in [6.45, 7) is 0. The molecule has 2 aromatic rings. The highest BCUT2D eigenvalue weighted by Crippen LogP contribution is 2.31. The average molecular weight is 268 g/mol. The Morgan fingerprint density at radius 2 is 2.11 bits per heavy atom. The first-order valence-electron chi connectivity index (χ1n) is 5.24. The van der Waals surface area contributed by atoms with Gasteiger partial charge in [-0.3, -0.25) is 4.98 Å². The number of hydrogen-bond donors (Lipinski definition) is 1. The van der Waals surface area contributed by atoms with Gasteiger partial charge in [-0.05, 0) is 18.2 Å². The molecule has 1 N–H and O–H groups in total. The predicted octanol–water partition coefficient (Wildman–Crippen LogP) is 2.96. The number of aliphatic hydroxyl groups excluding tert-OH is 1. The summed E-state index contributed by atoms with van der Waals surface area (Å²) in [5.41, 5.74) is 0.595. The third-order valence-electron chi connectivity index (χ3n) is 2.59. The van der Waals surface area contributed by atoms with Crippen LogP contribution in [0.5, 0.6) is 5.75 Å². The first kappa shape index (κ1) is 12.8. The van der Waals surface area contributed by atoms with Crippen molar-refractivity contribution in [1.82, 2.24) is 4.98 Å². The van der Waals surface area contributed by atoms with Gasteiger partial charge in [0.2, 0.25) is 0 Å². The van der Waals surface area contributed by atoms with E-state index >= 15 is 0 Å². The molecule has 1 heterocycles. The lowest BCUT2D eigenvalue weighted by Gasteiger charge is -2.15. The van der Waals surface area contributed by atoms with E-state index in [1.807, 2.05) is 0 Å². The molecule has 0 fully saturated rings. The number of ether oxygens (including phenoxy) is 1. The second-order valence-electron chi connectivity index (χ2n) is 3.69. The Morgan fingerprint density at radius 1 is 1.33 bits per heavy atom. The van der Waals surface area contributed by atoms with Gasteiger partial charge >= 0.3 is 0 Å². The summed E-state index contributed by atoms with van der Waals surface area (Å²) in [7, 11) is 1.46. The van der Waals surface area contributed by atoms with Gasteiger partial charge in [0.15, 0.2) is 0 Å². The van der Waals surface area contributed by atoms with E-state index in [4.69, 9.17) is 16.3 Å². The van der Waals surface area contributed by atoms with E-state index < -0.39 is 11.9 Å². The molecule has 0 bridgehead atoms. The molecule has 0 spiro atoms. The van der Waals surface area contributed by atoms with Crippen LogP contribution < -0.4 is 4.74 Å². The van der Waals surface area contributed by atoms with Gasteiger partial charge in [-0.15, -0.1) is 0 Å². The highest BCUT2D eigenvalue weighted by atomic mass is 35.5. The minimum atomic E-state index is -1.12. The SMILES string of the molecule is COc1cnccc1C(O)c1ccc(Cl)cc1F. The molecule has 0 aliphatic rings. The van der Waals surface area contributed by atoms with Gasteiger partial charge in [0.05, 0.1) is 13.3 Å². The molecule has 94 valence electrons. The molecule has 1 aromatic heterocycles. The first-order valence-corrected chi connectivity index (χ1v) is 5.62. The summed E-state index contributed by atoms with van der Waals surface area (Å²) in [4.78, 5) is 3.88. The number of methoxy groups -OCH3 is 1. The molecule has 1 atom stereocenters. The lowest BCUT2D eigenvalue weighted by Crippen LogP contribution is -2.05. The number of aromatic nitrogens is 1. The summed E-state index contributed by atoms with van der Waals surface area (Å²) >= 11 is 5.67. The largest absolute Gasteiger partial charge is 0.495 e. The quantitative estimate of drug-likeness (QED) is 0.930. The summed E-state index contributed by atoms with van der Waals surface area (Å²) < 4.78 is 18.8. The normalized spacial score (nSPS) is 12.2. The van der Waals surface area contributed by atoms with Crippen LogP contribution in [0.2, 0.25) is 5.02 Å². The van der Waals surface area contributed by atoms with Crippen LogP contribution in [0.1, 0.15) is 17.2 Å². The lowest BCUT2D eigenvalue weighted by atomic mass is 10.0. The van der Waals surface area contributed by atoms with Crippen molar-refractivity contribution in [3.8, 4) is 5.75 Å². The van der Waals surface area contributed by atoms with Crippen molar-refractivity contribution in [2.24, 2.45) is 0 Å². The molecule has 0 aliphatic carbocycles. The zero-order chi connectivity index (χ0) is 13.1. The molecule has 0 saturated heterocycles. The molecule has 0 amide bonds. The van der Waals surface area contributed by atoms with Gasteiger partial charge in [-0.1, -0.05) is 17.7 Å². The Bertz CT molecular complexity index is 562.